The SMILES string of the molecule is CCC1(C(=O)Nc2cccc(N(C)C)c2)CCNC1. The van der Waals surface area contributed by atoms with Gasteiger partial charge in [-0.05, 0) is 37.6 Å². The lowest BCUT2D eigenvalue weighted by molar-refractivity contribution is -0.124. The molecular formula is C15H23N3O. The van der Waals surface area contributed by atoms with E-state index in [1.807, 2.05) is 43.3 Å². The molecule has 0 spiro atoms. The highest BCUT2D eigenvalue weighted by Gasteiger charge is 2.39. The molecule has 0 saturated carbocycles. The molecule has 0 aliphatic carbocycles. The van der Waals surface area contributed by atoms with E-state index in [1.54, 1.807) is 0 Å². The fourth-order valence-corrected chi connectivity index (χ4v) is 2.53. The van der Waals surface area contributed by atoms with Gasteiger partial charge in [0.1, 0.15) is 0 Å². The minimum absolute atomic E-state index is 0.135. The molecule has 1 aromatic rings. The van der Waals surface area contributed by atoms with Crippen LogP contribution in [0.15, 0.2) is 24.3 Å². The van der Waals surface area contributed by atoms with Gasteiger partial charge in [0.05, 0.1) is 5.41 Å². The Bertz CT molecular complexity index is 450. The van der Waals surface area contributed by atoms with Crippen molar-refractivity contribution in [2.24, 2.45) is 5.41 Å². The van der Waals surface area contributed by atoms with E-state index in [1.165, 1.54) is 0 Å². The van der Waals surface area contributed by atoms with Crippen LogP contribution in [-0.4, -0.2) is 33.1 Å². The molecule has 1 saturated heterocycles. The molecule has 1 fully saturated rings. The fraction of sp³-hybridized carbons (Fsp3) is 0.533. The van der Waals surface area contributed by atoms with Crippen molar-refractivity contribution in [1.29, 1.82) is 0 Å². The van der Waals surface area contributed by atoms with E-state index in [0.717, 1.165) is 37.3 Å². The van der Waals surface area contributed by atoms with Gasteiger partial charge in [0.2, 0.25) is 5.91 Å². The van der Waals surface area contributed by atoms with Gasteiger partial charge in [-0.15, -0.1) is 0 Å². The highest BCUT2D eigenvalue weighted by atomic mass is 16.2. The normalized spacial score (nSPS) is 22.3. The molecule has 1 amide bonds. The number of hydrogen-bond acceptors (Lipinski definition) is 3. The van der Waals surface area contributed by atoms with Crippen molar-refractivity contribution in [2.75, 3.05) is 37.4 Å². The first-order valence-corrected chi connectivity index (χ1v) is 6.87. The maximum absolute atomic E-state index is 12.5. The first-order valence-electron chi connectivity index (χ1n) is 6.87. The molecule has 1 aliphatic heterocycles. The molecule has 2 rings (SSSR count). The molecule has 1 unspecified atom stereocenters. The molecule has 1 aliphatic rings. The minimum Gasteiger partial charge on any atom is -0.378 e. The number of amides is 1. The Labute approximate surface area is 115 Å². The van der Waals surface area contributed by atoms with E-state index in [2.05, 4.69) is 17.6 Å². The standard InChI is InChI=1S/C15H23N3O/c1-4-15(8-9-16-11-15)14(19)17-12-6-5-7-13(10-12)18(2)3/h5-7,10,16H,4,8-9,11H2,1-3H3,(H,17,19). The monoisotopic (exact) mass is 261 g/mol. The summed E-state index contributed by atoms with van der Waals surface area (Å²) in [5.41, 5.74) is 1.72. The maximum Gasteiger partial charge on any atom is 0.231 e. The summed E-state index contributed by atoms with van der Waals surface area (Å²) in [4.78, 5) is 14.5. The molecular weight excluding hydrogens is 238 g/mol. The lowest BCUT2D eigenvalue weighted by Crippen LogP contribution is -2.37. The van der Waals surface area contributed by atoms with Gasteiger partial charge in [-0.2, -0.15) is 0 Å². The summed E-state index contributed by atoms with van der Waals surface area (Å²) < 4.78 is 0. The average Bonchev–Trinajstić information content (AvgIpc) is 2.89. The number of nitrogens with zero attached hydrogens (tertiary/aromatic N) is 1. The molecule has 19 heavy (non-hydrogen) atoms. The maximum atomic E-state index is 12.5. The third-order valence-corrected chi connectivity index (χ3v) is 4.02. The lowest BCUT2D eigenvalue weighted by atomic mass is 9.83. The molecule has 0 bridgehead atoms. The van der Waals surface area contributed by atoms with Crippen molar-refractivity contribution in [1.82, 2.24) is 5.32 Å². The van der Waals surface area contributed by atoms with Crippen LogP contribution in [0.2, 0.25) is 0 Å². The second-order valence-electron chi connectivity index (χ2n) is 5.46. The van der Waals surface area contributed by atoms with Gasteiger partial charge >= 0.3 is 0 Å². The van der Waals surface area contributed by atoms with Crippen LogP contribution in [0.1, 0.15) is 19.8 Å². The van der Waals surface area contributed by atoms with Crippen LogP contribution >= 0.6 is 0 Å². The van der Waals surface area contributed by atoms with Crippen molar-refractivity contribution >= 4 is 17.3 Å². The summed E-state index contributed by atoms with van der Waals surface area (Å²) in [7, 11) is 3.99. The van der Waals surface area contributed by atoms with E-state index in [9.17, 15) is 4.79 Å². The average molecular weight is 261 g/mol. The predicted molar refractivity (Wildman–Crippen MR) is 79.6 cm³/mol. The molecule has 4 heteroatoms. The molecule has 0 radical (unpaired) electrons. The Morgan fingerprint density at radius 3 is 2.84 bits per heavy atom. The zero-order valence-electron chi connectivity index (χ0n) is 12.0. The quantitative estimate of drug-likeness (QED) is 0.872. The summed E-state index contributed by atoms with van der Waals surface area (Å²) >= 11 is 0. The molecule has 104 valence electrons. The molecule has 2 N–H and O–H groups in total. The Kier molecular flexibility index (Phi) is 4.10. The Balaban J connectivity index is 2.12. The van der Waals surface area contributed by atoms with Crippen molar-refractivity contribution in [3.63, 3.8) is 0 Å². The van der Waals surface area contributed by atoms with Gasteiger partial charge in [0, 0.05) is 32.0 Å². The van der Waals surface area contributed by atoms with E-state index in [4.69, 9.17) is 0 Å². The third kappa shape index (κ3) is 2.89. The topological polar surface area (TPSA) is 44.4 Å². The first-order chi connectivity index (χ1) is 9.07. The van der Waals surface area contributed by atoms with Crippen LogP contribution in [0.25, 0.3) is 0 Å². The second kappa shape index (κ2) is 5.61. The highest BCUT2D eigenvalue weighted by Crippen LogP contribution is 2.31. The number of carbonyl (C=O) groups excluding carboxylic acids is 1. The first kappa shape index (κ1) is 13.9. The summed E-state index contributed by atoms with van der Waals surface area (Å²) in [5.74, 6) is 0.135. The zero-order chi connectivity index (χ0) is 13.9. The number of benzene rings is 1. The van der Waals surface area contributed by atoms with Crippen molar-refractivity contribution < 1.29 is 4.79 Å². The summed E-state index contributed by atoms with van der Waals surface area (Å²) in [6.45, 7) is 3.80. The minimum atomic E-state index is -0.242. The number of nitrogens with one attached hydrogen (secondary N) is 2. The smallest absolute Gasteiger partial charge is 0.231 e. The van der Waals surface area contributed by atoms with E-state index < -0.39 is 0 Å². The van der Waals surface area contributed by atoms with Gasteiger partial charge < -0.3 is 15.5 Å². The second-order valence-corrected chi connectivity index (χ2v) is 5.46. The molecule has 1 aromatic carbocycles. The van der Waals surface area contributed by atoms with Gasteiger partial charge in [0.15, 0.2) is 0 Å². The lowest BCUT2D eigenvalue weighted by Gasteiger charge is -2.25. The summed E-state index contributed by atoms with van der Waals surface area (Å²) in [6.07, 6.45) is 1.79. The third-order valence-electron chi connectivity index (χ3n) is 4.02. The highest BCUT2D eigenvalue weighted by molar-refractivity contribution is 5.96. The number of anilines is 2. The van der Waals surface area contributed by atoms with Crippen molar-refractivity contribution in [3.05, 3.63) is 24.3 Å². The van der Waals surface area contributed by atoms with Gasteiger partial charge in [-0.25, -0.2) is 0 Å². The molecule has 1 heterocycles. The number of rotatable bonds is 4. The van der Waals surface area contributed by atoms with Crippen LogP contribution in [0.4, 0.5) is 11.4 Å². The van der Waals surface area contributed by atoms with E-state index >= 15 is 0 Å². The van der Waals surface area contributed by atoms with Crippen LogP contribution in [0.3, 0.4) is 0 Å². The molecule has 1 atom stereocenters. The summed E-state index contributed by atoms with van der Waals surface area (Å²) in [6, 6.07) is 7.94. The van der Waals surface area contributed by atoms with Crippen LogP contribution in [0, 0.1) is 5.41 Å². The van der Waals surface area contributed by atoms with Crippen molar-refractivity contribution in [2.45, 2.75) is 19.8 Å². The Morgan fingerprint density at radius 1 is 1.47 bits per heavy atom. The van der Waals surface area contributed by atoms with Crippen LogP contribution in [-0.2, 0) is 4.79 Å². The van der Waals surface area contributed by atoms with Crippen molar-refractivity contribution in [3.8, 4) is 0 Å². The van der Waals surface area contributed by atoms with E-state index in [0.29, 0.717) is 0 Å². The molecule has 0 aromatic heterocycles. The largest absolute Gasteiger partial charge is 0.378 e. The molecule has 4 nitrogen and oxygen atoms in total. The number of hydrogen-bond donors (Lipinski definition) is 2. The van der Waals surface area contributed by atoms with Gasteiger partial charge in [0.25, 0.3) is 0 Å². The summed E-state index contributed by atoms with van der Waals surface area (Å²) in [5, 5.41) is 6.36. The Morgan fingerprint density at radius 2 is 2.26 bits per heavy atom. The predicted octanol–water partition coefficient (Wildman–Crippen LogP) is 2.08. The van der Waals surface area contributed by atoms with Gasteiger partial charge in [-0.3, -0.25) is 4.79 Å². The van der Waals surface area contributed by atoms with Crippen LogP contribution in [0.5, 0.6) is 0 Å². The van der Waals surface area contributed by atoms with E-state index in [-0.39, 0.29) is 11.3 Å². The van der Waals surface area contributed by atoms with Gasteiger partial charge in [-0.1, -0.05) is 13.0 Å². The number of carbonyl (C=O) groups is 1. The zero-order valence-corrected chi connectivity index (χ0v) is 12.0. The fourth-order valence-electron chi connectivity index (χ4n) is 2.53. The van der Waals surface area contributed by atoms with Crippen LogP contribution < -0.4 is 15.5 Å². The Hall–Kier alpha value is -1.55.